The molecule has 1 aliphatic rings. The summed E-state index contributed by atoms with van der Waals surface area (Å²) in [5.74, 6) is 1.04. The van der Waals surface area contributed by atoms with Gasteiger partial charge in [0, 0.05) is 25.5 Å². The van der Waals surface area contributed by atoms with E-state index < -0.39 is 0 Å². The van der Waals surface area contributed by atoms with Gasteiger partial charge in [-0.3, -0.25) is 0 Å². The van der Waals surface area contributed by atoms with Gasteiger partial charge in [-0.2, -0.15) is 0 Å². The predicted octanol–water partition coefficient (Wildman–Crippen LogP) is 2.66. The lowest BCUT2D eigenvalue weighted by Crippen LogP contribution is -2.08. The van der Waals surface area contributed by atoms with Crippen LogP contribution >= 0.6 is 11.8 Å². The largest absolute Gasteiger partial charge is 0.378 e. The van der Waals surface area contributed by atoms with Crippen molar-refractivity contribution in [2.45, 2.75) is 5.75 Å². The molecule has 0 amide bonds. The normalized spacial score (nSPS) is 14.0. The van der Waals surface area contributed by atoms with E-state index in [2.05, 4.69) is 42.2 Å². The average molecular weight is 192 g/mol. The van der Waals surface area contributed by atoms with Gasteiger partial charge >= 0.3 is 0 Å². The lowest BCUT2D eigenvalue weighted by atomic mass is 10.1. The van der Waals surface area contributed by atoms with Gasteiger partial charge in [0.2, 0.25) is 0 Å². The smallest absolute Gasteiger partial charge is 0.0677 e. The Hall–Kier alpha value is -0.960. The standard InChI is InChI=1S/C10H12N2S/c1-12(2)9-3-4-10-8(5-9)6-13-7-11-10/h3-5,7H,6H2,1-2H3. The van der Waals surface area contributed by atoms with Crippen LogP contribution in [0.5, 0.6) is 0 Å². The van der Waals surface area contributed by atoms with Crippen LogP contribution in [0.25, 0.3) is 0 Å². The number of hydrogen-bond donors (Lipinski definition) is 0. The molecule has 0 aliphatic carbocycles. The Bertz CT molecular complexity index is 345. The molecule has 1 aromatic rings. The van der Waals surface area contributed by atoms with Crippen molar-refractivity contribution in [3.05, 3.63) is 23.8 Å². The van der Waals surface area contributed by atoms with Crippen molar-refractivity contribution in [2.75, 3.05) is 19.0 Å². The van der Waals surface area contributed by atoms with Gasteiger partial charge in [-0.15, -0.1) is 11.8 Å². The molecule has 0 unspecified atom stereocenters. The van der Waals surface area contributed by atoms with Crippen LogP contribution in [0.1, 0.15) is 5.56 Å². The van der Waals surface area contributed by atoms with E-state index in [-0.39, 0.29) is 0 Å². The highest BCUT2D eigenvalue weighted by molar-refractivity contribution is 8.11. The molecule has 0 N–H and O–H groups in total. The molecular weight excluding hydrogens is 180 g/mol. The molecule has 0 aromatic heterocycles. The van der Waals surface area contributed by atoms with Crippen LogP contribution in [0.3, 0.4) is 0 Å². The zero-order chi connectivity index (χ0) is 9.26. The molecule has 0 spiro atoms. The van der Waals surface area contributed by atoms with E-state index in [0.717, 1.165) is 11.4 Å². The minimum atomic E-state index is 1.04. The third kappa shape index (κ3) is 1.70. The van der Waals surface area contributed by atoms with E-state index in [1.807, 2.05) is 5.55 Å². The fourth-order valence-corrected chi connectivity index (χ4v) is 1.99. The highest BCUT2D eigenvalue weighted by Gasteiger charge is 2.06. The zero-order valence-corrected chi connectivity index (χ0v) is 8.64. The topological polar surface area (TPSA) is 15.6 Å². The Labute approximate surface area is 82.7 Å². The molecule has 0 radical (unpaired) electrons. The SMILES string of the molecule is CN(C)c1ccc2c(c1)CSC=N2. The van der Waals surface area contributed by atoms with Gasteiger partial charge in [0.15, 0.2) is 0 Å². The van der Waals surface area contributed by atoms with Crippen LogP contribution in [0.15, 0.2) is 23.2 Å². The van der Waals surface area contributed by atoms with Crippen molar-refractivity contribution in [1.82, 2.24) is 0 Å². The molecule has 2 rings (SSSR count). The van der Waals surface area contributed by atoms with Crippen molar-refractivity contribution >= 4 is 28.7 Å². The maximum atomic E-state index is 4.31. The first-order chi connectivity index (χ1) is 6.27. The van der Waals surface area contributed by atoms with Crippen LogP contribution in [-0.4, -0.2) is 19.6 Å². The van der Waals surface area contributed by atoms with Crippen LogP contribution in [-0.2, 0) is 5.75 Å². The first-order valence-corrected chi connectivity index (χ1v) is 5.26. The maximum Gasteiger partial charge on any atom is 0.0677 e. The third-order valence-electron chi connectivity index (χ3n) is 2.08. The summed E-state index contributed by atoms with van der Waals surface area (Å²) in [6.07, 6.45) is 0. The van der Waals surface area contributed by atoms with Gasteiger partial charge in [0.1, 0.15) is 0 Å². The Kier molecular flexibility index (Phi) is 2.27. The fraction of sp³-hybridized carbons (Fsp3) is 0.300. The van der Waals surface area contributed by atoms with Gasteiger partial charge in [-0.25, -0.2) is 4.99 Å². The average Bonchev–Trinajstić information content (AvgIpc) is 2.17. The third-order valence-corrected chi connectivity index (χ3v) is 2.82. The monoisotopic (exact) mass is 192 g/mol. The van der Waals surface area contributed by atoms with Gasteiger partial charge in [0.05, 0.1) is 11.2 Å². The summed E-state index contributed by atoms with van der Waals surface area (Å²) in [5.41, 5.74) is 5.61. The molecule has 1 heterocycles. The van der Waals surface area contributed by atoms with E-state index in [4.69, 9.17) is 0 Å². The van der Waals surface area contributed by atoms with E-state index in [1.165, 1.54) is 11.3 Å². The van der Waals surface area contributed by atoms with Crippen molar-refractivity contribution < 1.29 is 0 Å². The summed E-state index contributed by atoms with van der Waals surface area (Å²) in [6.45, 7) is 0. The summed E-state index contributed by atoms with van der Waals surface area (Å²) in [4.78, 5) is 6.43. The van der Waals surface area contributed by atoms with Crippen molar-refractivity contribution in [1.29, 1.82) is 0 Å². The Balaban J connectivity index is 2.42. The molecule has 0 fully saturated rings. The number of benzene rings is 1. The predicted molar refractivity (Wildman–Crippen MR) is 60.2 cm³/mol. The number of fused-ring (bicyclic) bond motifs is 1. The van der Waals surface area contributed by atoms with Crippen LogP contribution in [0.2, 0.25) is 0 Å². The molecule has 68 valence electrons. The van der Waals surface area contributed by atoms with Crippen LogP contribution in [0.4, 0.5) is 11.4 Å². The molecule has 13 heavy (non-hydrogen) atoms. The number of thioether (sulfide) groups is 1. The van der Waals surface area contributed by atoms with Gasteiger partial charge in [-0.05, 0) is 23.8 Å². The summed E-state index contributed by atoms with van der Waals surface area (Å²) < 4.78 is 0. The number of rotatable bonds is 1. The lowest BCUT2D eigenvalue weighted by molar-refractivity contribution is 1.12. The number of anilines is 1. The minimum Gasteiger partial charge on any atom is -0.378 e. The lowest BCUT2D eigenvalue weighted by Gasteiger charge is -2.16. The van der Waals surface area contributed by atoms with Gasteiger partial charge < -0.3 is 4.90 Å². The summed E-state index contributed by atoms with van der Waals surface area (Å²) in [5, 5.41) is 0. The van der Waals surface area contributed by atoms with Gasteiger partial charge in [-0.1, -0.05) is 0 Å². The second-order valence-corrected chi connectivity index (χ2v) is 4.09. The Morgan fingerprint density at radius 2 is 2.23 bits per heavy atom. The molecular formula is C10H12N2S. The van der Waals surface area contributed by atoms with Crippen molar-refractivity contribution in [3.8, 4) is 0 Å². The quantitative estimate of drug-likeness (QED) is 0.679. The molecule has 1 aromatic carbocycles. The van der Waals surface area contributed by atoms with E-state index >= 15 is 0 Å². The van der Waals surface area contributed by atoms with Gasteiger partial charge in [0.25, 0.3) is 0 Å². The Morgan fingerprint density at radius 3 is 3.00 bits per heavy atom. The minimum absolute atomic E-state index is 1.04. The molecule has 2 nitrogen and oxygen atoms in total. The molecule has 0 atom stereocenters. The zero-order valence-electron chi connectivity index (χ0n) is 7.82. The summed E-state index contributed by atoms with van der Waals surface area (Å²) in [7, 11) is 4.11. The van der Waals surface area contributed by atoms with Crippen LogP contribution < -0.4 is 4.90 Å². The number of hydrogen-bond acceptors (Lipinski definition) is 3. The second kappa shape index (κ2) is 3.42. The highest BCUT2D eigenvalue weighted by atomic mass is 32.2. The van der Waals surface area contributed by atoms with E-state index in [0.29, 0.717) is 0 Å². The summed E-state index contributed by atoms with van der Waals surface area (Å²) in [6, 6.07) is 6.39. The second-order valence-electron chi connectivity index (χ2n) is 3.25. The maximum absolute atomic E-state index is 4.31. The summed E-state index contributed by atoms with van der Waals surface area (Å²) >= 11 is 1.75. The molecule has 0 bridgehead atoms. The molecule has 0 saturated carbocycles. The number of nitrogens with zero attached hydrogens (tertiary/aromatic N) is 2. The first kappa shape index (κ1) is 8.63. The molecule has 0 saturated heterocycles. The highest BCUT2D eigenvalue weighted by Crippen LogP contribution is 2.30. The molecule has 3 heteroatoms. The Morgan fingerprint density at radius 1 is 1.38 bits per heavy atom. The first-order valence-electron chi connectivity index (χ1n) is 4.22. The van der Waals surface area contributed by atoms with Crippen molar-refractivity contribution in [3.63, 3.8) is 0 Å². The number of aliphatic imine (C=N–C) groups is 1. The fourth-order valence-electron chi connectivity index (χ4n) is 1.31. The molecule has 1 aliphatic heterocycles. The van der Waals surface area contributed by atoms with Crippen molar-refractivity contribution in [2.24, 2.45) is 4.99 Å². The van der Waals surface area contributed by atoms with E-state index in [9.17, 15) is 0 Å². The van der Waals surface area contributed by atoms with E-state index in [1.54, 1.807) is 11.8 Å². The van der Waals surface area contributed by atoms with Crippen LogP contribution in [0, 0.1) is 0 Å².